The van der Waals surface area contributed by atoms with Crippen LogP contribution < -0.4 is 0 Å². The Labute approximate surface area is 302 Å². The largest absolute Gasteiger partial charge is 0.455 e. The van der Waals surface area contributed by atoms with E-state index in [1.165, 1.54) is 11.1 Å². The molecular weight excluding hydrogens is 635 g/mol. The summed E-state index contributed by atoms with van der Waals surface area (Å²) in [7, 11) is 0. The highest BCUT2D eigenvalue weighted by molar-refractivity contribution is 6.09. The number of rotatable bonds is 5. The van der Waals surface area contributed by atoms with Crippen molar-refractivity contribution in [2.75, 3.05) is 0 Å². The third kappa shape index (κ3) is 4.79. The first-order valence-electron chi connectivity index (χ1n) is 17.7. The van der Waals surface area contributed by atoms with E-state index in [9.17, 15) is 0 Å². The lowest BCUT2D eigenvalue weighted by atomic mass is 9.80. The molecule has 246 valence electrons. The Kier molecular flexibility index (Phi) is 6.80. The average molecular weight is 668 g/mol. The zero-order valence-electron chi connectivity index (χ0n) is 28.8. The average Bonchev–Trinajstić information content (AvgIpc) is 3.70. The molecule has 0 bridgehead atoms. The first kappa shape index (κ1) is 30.2. The van der Waals surface area contributed by atoms with Crippen LogP contribution in [0, 0.1) is 0 Å². The first-order chi connectivity index (χ1) is 25.5. The maximum Gasteiger partial charge on any atom is 0.160 e. The van der Waals surface area contributed by atoms with E-state index >= 15 is 0 Å². The second-order valence-electron chi connectivity index (χ2n) is 14.0. The molecule has 0 aliphatic heterocycles. The Morgan fingerprint density at radius 1 is 0.462 bits per heavy atom. The van der Waals surface area contributed by atoms with Gasteiger partial charge >= 0.3 is 0 Å². The van der Waals surface area contributed by atoms with Gasteiger partial charge < -0.3 is 4.42 Å². The van der Waals surface area contributed by atoms with Crippen molar-refractivity contribution in [1.82, 2.24) is 15.0 Å². The normalized spacial score (nSPS) is 13.0. The molecule has 10 rings (SSSR count). The van der Waals surface area contributed by atoms with Crippen molar-refractivity contribution in [2.45, 2.75) is 19.3 Å². The van der Waals surface area contributed by atoms with Crippen molar-refractivity contribution >= 4 is 21.9 Å². The zero-order valence-corrected chi connectivity index (χ0v) is 28.8. The van der Waals surface area contributed by atoms with E-state index in [1.807, 2.05) is 36.7 Å². The van der Waals surface area contributed by atoms with Crippen LogP contribution in [0.5, 0.6) is 0 Å². The summed E-state index contributed by atoms with van der Waals surface area (Å²) < 4.78 is 6.41. The summed E-state index contributed by atoms with van der Waals surface area (Å²) in [5.41, 5.74) is 15.8. The van der Waals surface area contributed by atoms with Gasteiger partial charge in [-0.15, -0.1) is 0 Å². The quantitative estimate of drug-likeness (QED) is 0.183. The minimum absolute atomic E-state index is 0.278. The highest BCUT2D eigenvalue weighted by Gasteiger charge is 2.40. The van der Waals surface area contributed by atoms with E-state index in [0.29, 0.717) is 5.82 Å². The fourth-order valence-electron chi connectivity index (χ4n) is 8.02. The summed E-state index contributed by atoms with van der Waals surface area (Å²) in [6.45, 7) is 4.58. The predicted octanol–water partition coefficient (Wildman–Crippen LogP) is 12.4. The van der Waals surface area contributed by atoms with Crippen LogP contribution in [0.2, 0.25) is 0 Å². The van der Waals surface area contributed by atoms with E-state index < -0.39 is 0 Å². The molecule has 0 spiro atoms. The molecule has 3 heterocycles. The number of fused-ring (bicyclic) bond motifs is 6. The van der Waals surface area contributed by atoms with E-state index in [0.717, 1.165) is 83.4 Å². The van der Waals surface area contributed by atoms with Gasteiger partial charge in [0, 0.05) is 56.4 Å². The van der Waals surface area contributed by atoms with Crippen LogP contribution in [0.3, 0.4) is 0 Å². The smallest absolute Gasteiger partial charge is 0.160 e. The lowest BCUT2D eigenvalue weighted by Crippen LogP contribution is -2.17. The molecule has 0 saturated carbocycles. The number of hydrogen-bond acceptors (Lipinski definition) is 4. The number of furan rings is 1. The number of nitrogens with zero attached hydrogens (tertiary/aromatic N) is 3. The second-order valence-corrected chi connectivity index (χ2v) is 14.0. The molecule has 4 heteroatoms. The van der Waals surface area contributed by atoms with Gasteiger partial charge in [-0.3, -0.25) is 4.98 Å². The molecule has 0 unspecified atom stereocenters. The minimum Gasteiger partial charge on any atom is -0.455 e. The van der Waals surface area contributed by atoms with Crippen LogP contribution in [0.25, 0.3) is 89.2 Å². The maximum absolute atomic E-state index is 6.41. The first-order valence-corrected chi connectivity index (χ1v) is 17.7. The van der Waals surface area contributed by atoms with Crippen molar-refractivity contribution in [3.8, 4) is 67.3 Å². The number of hydrogen-bond donors (Lipinski definition) is 0. The van der Waals surface area contributed by atoms with E-state index in [4.69, 9.17) is 14.4 Å². The van der Waals surface area contributed by atoms with Crippen LogP contribution in [-0.4, -0.2) is 15.0 Å². The summed E-state index contributed by atoms with van der Waals surface area (Å²) in [6, 6.07) is 53.4. The highest BCUT2D eigenvalue weighted by atomic mass is 16.3. The summed E-state index contributed by atoms with van der Waals surface area (Å²) in [6.07, 6.45) is 3.65. The molecule has 6 aromatic carbocycles. The Bertz CT molecular complexity index is 2830. The highest BCUT2D eigenvalue weighted by Crippen LogP contribution is 2.51. The molecule has 0 amide bonds. The van der Waals surface area contributed by atoms with Gasteiger partial charge in [-0.1, -0.05) is 129 Å². The summed E-state index contributed by atoms with van der Waals surface area (Å²) >= 11 is 0. The molecule has 0 fully saturated rings. The molecule has 1 aliphatic rings. The number of aromatic nitrogens is 3. The molecule has 0 radical (unpaired) electrons. The van der Waals surface area contributed by atoms with E-state index in [-0.39, 0.29) is 5.41 Å². The van der Waals surface area contributed by atoms with Crippen molar-refractivity contribution in [1.29, 1.82) is 0 Å². The van der Waals surface area contributed by atoms with Gasteiger partial charge in [0.25, 0.3) is 0 Å². The third-order valence-corrected chi connectivity index (χ3v) is 10.6. The predicted molar refractivity (Wildman–Crippen MR) is 212 cm³/mol. The molecule has 0 saturated heterocycles. The lowest BCUT2D eigenvalue weighted by molar-refractivity contribution is 0.658. The molecule has 0 N–H and O–H groups in total. The van der Waals surface area contributed by atoms with Crippen LogP contribution in [-0.2, 0) is 5.41 Å². The van der Waals surface area contributed by atoms with Gasteiger partial charge in [-0.05, 0) is 69.8 Å². The van der Waals surface area contributed by atoms with E-state index in [2.05, 4.69) is 146 Å². The third-order valence-electron chi connectivity index (χ3n) is 10.6. The maximum atomic E-state index is 6.41. The van der Waals surface area contributed by atoms with Crippen LogP contribution in [0.15, 0.2) is 168 Å². The Hall–Kier alpha value is -6.65. The monoisotopic (exact) mass is 667 g/mol. The van der Waals surface area contributed by atoms with Crippen molar-refractivity contribution in [2.24, 2.45) is 0 Å². The number of para-hydroxylation sites is 2. The summed E-state index contributed by atoms with van der Waals surface area (Å²) in [5.74, 6) is 0.712. The molecule has 3 aromatic heterocycles. The lowest BCUT2D eigenvalue weighted by Gasteiger charge is -2.24. The van der Waals surface area contributed by atoms with Crippen LogP contribution in [0.1, 0.15) is 25.0 Å². The van der Waals surface area contributed by atoms with Gasteiger partial charge in [0.2, 0.25) is 0 Å². The standard InChI is InChI=1S/C48H33N3O/c1-48(2)41-21-5-3-18-40(41)45-43(48)44(50-47(51-45)36-16-9-11-31(29-36)30-23-25-49-26-24-30)35-15-8-13-33(28-35)32-12-7-14-34(27-32)37-19-10-20-39-38-17-4-6-22-42(38)52-46(37)39/h3-29H,1-2H3. The number of pyridine rings is 1. The summed E-state index contributed by atoms with van der Waals surface area (Å²) in [5, 5.41) is 2.26. The van der Waals surface area contributed by atoms with Crippen LogP contribution in [0.4, 0.5) is 0 Å². The van der Waals surface area contributed by atoms with Crippen molar-refractivity contribution < 1.29 is 4.42 Å². The molecular formula is C48H33N3O. The molecule has 0 atom stereocenters. The second kappa shape index (κ2) is 11.7. The fourth-order valence-corrected chi connectivity index (χ4v) is 8.02. The van der Waals surface area contributed by atoms with Gasteiger partial charge in [0.15, 0.2) is 5.82 Å². The van der Waals surface area contributed by atoms with Gasteiger partial charge in [0.1, 0.15) is 11.2 Å². The Balaban J connectivity index is 1.12. The van der Waals surface area contributed by atoms with Gasteiger partial charge in [0.05, 0.1) is 11.4 Å². The molecule has 1 aliphatic carbocycles. The fraction of sp³-hybridized carbons (Fsp3) is 0.0625. The minimum atomic E-state index is -0.278. The van der Waals surface area contributed by atoms with Gasteiger partial charge in [-0.25, -0.2) is 9.97 Å². The molecule has 52 heavy (non-hydrogen) atoms. The van der Waals surface area contributed by atoms with Gasteiger partial charge in [-0.2, -0.15) is 0 Å². The zero-order chi connectivity index (χ0) is 34.8. The van der Waals surface area contributed by atoms with Crippen molar-refractivity contribution in [3.63, 3.8) is 0 Å². The van der Waals surface area contributed by atoms with E-state index in [1.54, 1.807) is 0 Å². The summed E-state index contributed by atoms with van der Waals surface area (Å²) in [4.78, 5) is 14.9. The number of benzene rings is 6. The van der Waals surface area contributed by atoms with Crippen molar-refractivity contribution in [3.05, 3.63) is 175 Å². The Morgan fingerprint density at radius 2 is 1.04 bits per heavy atom. The molecule has 9 aromatic rings. The molecule has 4 nitrogen and oxygen atoms in total. The topological polar surface area (TPSA) is 51.8 Å². The Morgan fingerprint density at radius 3 is 1.87 bits per heavy atom. The van der Waals surface area contributed by atoms with Crippen LogP contribution >= 0.6 is 0 Å². The SMILES string of the molecule is CC1(C)c2ccccc2-c2nc(-c3cccc(-c4ccncc4)c3)nc(-c3cccc(-c4cccc(-c5cccc6c5oc5ccccc56)c4)c3)c21.